The molecular weight excluding hydrogens is 515 g/mol. The maximum atomic E-state index is 14.4. The molecule has 1 aromatic carbocycles. The van der Waals surface area contributed by atoms with Crippen molar-refractivity contribution in [2.45, 2.75) is 43.7 Å². The number of rotatable bonds is 6. The molecule has 0 radical (unpaired) electrons. The van der Waals surface area contributed by atoms with Crippen molar-refractivity contribution in [2.24, 2.45) is 15.7 Å². The number of aromatic nitrogens is 2. The number of aliphatic imine (C=N–C) groups is 2. The number of carbonyl (C=O) groups is 1. The first-order chi connectivity index (χ1) is 18.7. The summed E-state index contributed by atoms with van der Waals surface area (Å²) in [6.45, 7) is 1.53. The van der Waals surface area contributed by atoms with Gasteiger partial charge in [0.25, 0.3) is 5.88 Å². The topological polar surface area (TPSA) is 212 Å². The van der Waals surface area contributed by atoms with Gasteiger partial charge in [0.15, 0.2) is 29.8 Å². The average Bonchev–Trinajstić information content (AvgIpc) is 3.14. The van der Waals surface area contributed by atoms with Gasteiger partial charge in [-0.05, 0) is 24.6 Å². The lowest BCUT2D eigenvalue weighted by Crippen LogP contribution is -2.45. The number of aliphatic hydroxyl groups excluding tert-OH is 2. The van der Waals surface area contributed by atoms with Crippen LogP contribution in [0.1, 0.15) is 24.9 Å². The summed E-state index contributed by atoms with van der Waals surface area (Å²) in [5, 5.41) is 22.6. The third-order valence-corrected chi connectivity index (χ3v) is 6.57. The monoisotopic (exact) mass is 542 g/mol. The number of anilines is 1. The first-order valence-corrected chi connectivity index (χ1v) is 12.0. The fraction of sp³-hybridized carbons (Fsp3) is 0.375. The lowest BCUT2D eigenvalue weighted by atomic mass is 9.87. The number of amidine groups is 1. The van der Waals surface area contributed by atoms with Crippen LogP contribution >= 0.6 is 0 Å². The molecule has 5 atom stereocenters. The molecule has 0 amide bonds. The molecule has 15 heteroatoms. The first-order valence-electron chi connectivity index (χ1n) is 12.0. The van der Waals surface area contributed by atoms with E-state index in [9.17, 15) is 19.4 Å². The highest BCUT2D eigenvalue weighted by Crippen LogP contribution is 2.39. The third-order valence-electron chi connectivity index (χ3n) is 6.57. The Morgan fingerprint density at radius 3 is 2.77 bits per heavy atom. The SMILES string of the molecule is COc1nc(-c2cc(F)ccc2[C@H]2CC3N=C(N)NC(C)=C3C(NOCC3OC(=O)C(O)C3O)=N2)cnc1N. The molecule has 0 bridgehead atoms. The van der Waals surface area contributed by atoms with E-state index in [0.29, 0.717) is 40.3 Å². The minimum absolute atomic E-state index is 0.0916. The summed E-state index contributed by atoms with van der Waals surface area (Å²) in [4.78, 5) is 34.9. The van der Waals surface area contributed by atoms with Gasteiger partial charge < -0.3 is 36.5 Å². The van der Waals surface area contributed by atoms with Crippen LogP contribution in [-0.2, 0) is 14.4 Å². The number of nitrogens with one attached hydrogen (secondary N) is 2. The van der Waals surface area contributed by atoms with E-state index in [2.05, 4.69) is 25.8 Å². The van der Waals surface area contributed by atoms with Crippen molar-refractivity contribution in [2.75, 3.05) is 19.5 Å². The highest BCUT2D eigenvalue weighted by molar-refractivity contribution is 6.02. The van der Waals surface area contributed by atoms with Crippen molar-refractivity contribution in [1.29, 1.82) is 0 Å². The van der Waals surface area contributed by atoms with Crippen LogP contribution < -0.4 is 27.0 Å². The zero-order valence-corrected chi connectivity index (χ0v) is 21.0. The fourth-order valence-corrected chi connectivity index (χ4v) is 4.71. The molecule has 1 fully saturated rings. The molecule has 4 heterocycles. The average molecular weight is 543 g/mol. The molecule has 3 aliphatic rings. The maximum Gasteiger partial charge on any atom is 0.338 e. The van der Waals surface area contributed by atoms with Crippen molar-refractivity contribution in [1.82, 2.24) is 20.8 Å². The maximum absolute atomic E-state index is 14.4. The molecule has 39 heavy (non-hydrogen) atoms. The standard InChI is InChI=1S/C24H27FN8O6/c1-9-17-14(32-24(27)29-9)6-13(30-21(17)33-38-8-16-18(34)19(35)23(36)39-16)11-4-3-10(25)5-12(11)15-7-28-20(26)22(31-15)37-2/h3-5,7,13-14,16,18-19,34-35H,6,8H2,1-2H3,(H2,26,28)(H,30,33)(H3,27,29,32)/t13-,14?,16?,18?,19?/m1/s1. The number of benzene rings is 1. The molecule has 0 saturated carbocycles. The number of allylic oxidation sites excluding steroid dienone is 1. The number of nitrogens with zero attached hydrogens (tertiary/aromatic N) is 4. The number of methoxy groups -OCH3 is 1. The summed E-state index contributed by atoms with van der Waals surface area (Å²) in [7, 11) is 1.40. The number of nitrogen functional groups attached to an aromatic ring is 1. The number of cyclic esters (lactones) is 1. The molecule has 8 N–H and O–H groups in total. The molecule has 5 rings (SSSR count). The van der Waals surface area contributed by atoms with E-state index >= 15 is 0 Å². The molecule has 0 aliphatic carbocycles. The van der Waals surface area contributed by atoms with Crippen LogP contribution in [0.25, 0.3) is 11.3 Å². The molecule has 0 spiro atoms. The van der Waals surface area contributed by atoms with Gasteiger partial charge in [0, 0.05) is 23.3 Å². The second-order valence-corrected chi connectivity index (χ2v) is 9.13. The van der Waals surface area contributed by atoms with Crippen molar-refractivity contribution in [3.05, 3.63) is 47.0 Å². The molecule has 4 unspecified atom stereocenters. The van der Waals surface area contributed by atoms with Gasteiger partial charge in [-0.2, -0.15) is 0 Å². The molecule has 1 aromatic heterocycles. The molecule has 3 aliphatic heterocycles. The second-order valence-electron chi connectivity index (χ2n) is 9.13. The van der Waals surface area contributed by atoms with Crippen molar-refractivity contribution in [3.8, 4) is 17.1 Å². The molecular formula is C24H27FN8O6. The molecule has 206 valence electrons. The van der Waals surface area contributed by atoms with Crippen molar-refractivity contribution < 1.29 is 33.7 Å². The van der Waals surface area contributed by atoms with Crippen LogP contribution in [0, 0.1) is 5.82 Å². The fourth-order valence-electron chi connectivity index (χ4n) is 4.71. The van der Waals surface area contributed by atoms with Crippen molar-refractivity contribution in [3.63, 3.8) is 0 Å². The van der Waals surface area contributed by atoms with Crippen LogP contribution in [0.15, 0.2) is 45.7 Å². The number of hydrogen-bond donors (Lipinski definition) is 6. The van der Waals surface area contributed by atoms with E-state index in [0.717, 1.165) is 0 Å². The van der Waals surface area contributed by atoms with E-state index in [4.69, 9.17) is 30.8 Å². The van der Waals surface area contributed by atoms with E-state index in [1.807, 2.05) is 0 Å². The summed E-state index contributed by atoms with van der Waals surface area (Å²) < 4.78 is 24.5. The van der Waals surface area contributed by atoms with E-state index in [1.165, 1.54) is 25.4 Å². The van der Waals surface area contributed by atoms with Crippen molar-refractivity contribution >= 4 is 23.6 Å². The number of guanidine groups is 1. The Labute approximate surface area is 221 Å². The number of hydrogen-bond acceptors (Lipinski definition) is 14. The number of fused-ring (bicyclic) bond motifs is 1. The van der Waals surface area contributed by atoms with Gasteiger partial charge in [0.1, 0.15) is 18.5 Å². The van der Waals surface area contributed by atoms with Crippen LogP contribution in [-0.4, -0.2) is 76.0 Å². The predicted octanol–water partition coefficient (Wildman–Crippen LogP) is -0.554. The van der Waals surface area contributed by atoms with E-state index < -0.39 is 42.2 Å². The van der Waals surface area contributed by atoms with Gasteiger partial charge in [-0.1, -0.05) is 6.07 Å². The van der Waals surface area contributed by atoms with Gasteiger partial charge in [-0.25, -0.2) is 29.6 Å². The highest BCUT2D eigenvalue weighted by atomic mass is 19.1. The lowest BCUT2D eigenvalue weighted by molar-refractivity contribution is -0.149. The Kier molecular flexibility index (Phi) is 7.03. The van der Waals surface area contributed by atoms with Crippen LogP contribution in [0.4, 0.5) is 10.2 Å². The quantitative estimate of drug-likeness (QED) is 0.200. The zero-order valence-electron chi connectivity index (χ0n) is 21.0. The molecule has 2 aromatic rings. The Bertz CT molecular complexity index is 1400. The minimum atomic E-state index is -1.64. The number of nitrogens with two attached hydrogens (primary N) is 2. The normalized spacial score (nSPS) is 26.3. The van der Waals surface area contributed by atoms with E-state index in [-0.39, 0.29) is 24.3 Å². The largest absolute Gasteiger partial charge is 0.478 e. The first kappa shape index (κ1) is 26.3. The summed E-state index contributed by atoms with van der Waals surface area (Å²) in [6, 6.07) is 3.27. The molecule has 14 nitrogen and oxygen atoms in total. The predicted molar refractivity (Wildman–Crippen MR) is 135 cm³/mol. The summed E-state index contributed by atoms with van der Waals surface area (Å²) >= 11 is 0. The van der Waals surface area contributed by atoms with Gasteiger partial charge in [-0.15, -0.1) is 0 Å². The lowest BCUT2D eigenvalue weighted by Gasteiger charge is -2.33. The Morgan fingerprint density at radius 2 is 2.05 bits per heavy atom. The summed E-state index contributed by atoms with van der Waals surface area (Å²) in [5.74, 6) is -0.702. The van der Waals surface area contributed by atoms with Crippen LogP contribution in [0.3, 0.4) is 0 Å². The number of aliphatic hydroxyl groups is 2. The number of esters is 1. The molecule has 1 saturated heterocycles. The van der Waals surface area contributed by atoms with Gasteiger partial charge in [0.05, 0.1) is 31.1 Å². The number of ether oxygens (including phenoxy) is 2. The summed E-state index contributed by atoms with van der Waals surface area (Å²) in [5.41, 5.74) is 17.3. The Morgan fingerprint density at radius 1 is 1.26 bits per heavy atom. The highest BCUT2D eigenvalue weighted by Gasteiger charge is 2.43. The minimum Gasteiger partial charge on any atom is -0.478 e. The number of halogens is 1. The van der Waals surface area contributed by atoms with Crippen LogP contribution in [0.2, 0.25) is 0 Å². The number of hydroxylamine groups is 1. The Hall–Kier alpha value is -4.34. The zero-order chi connectivity index (χ0) is 27.8. The van der Waals surface area contributed by atoms with Gasteiger partial charge >= 0.3 is 5.97 Å². The van der Waals surface area contributed by atoms with Gasteiger partial charge in [0.2, 0.25) is 0 Å². The summed E-state index contributed by atoms with van der Waals surface area (Å²) in [6.07, 6.45) is -2.34. The third kappa shape index (κ3) is 5.06. The van der Waals surface area contributed by atoms with E-state index in [1.54, 1.807) is 13.0 Å². The number of carbonyl (C=O) groups excluding carboxylic acids is 1. The van der Waals surface area contributed by atoms with Gasteiger partial charge in [-0.3, -0.25) is 9.83 Å². The smallest absolute Gasteiger partial charge is 0.338 e. The Balaban J connectivity index is 1.49. The van der Waals surface area contributed by atoms with Crippen LogP contribution in [0.5, 0.6) is 5.88 Å². The second kappa shape index (κ2) is 10.4.